The van der Waals surface area contributed by atoms with Crippen molar-refractivity contribution in [1.29, 1.82) is 0 Å². The molecular weight excluding hydrogens is 370 g/mol. The van der Waals surface area contributed by atoms with Crippen LogP contribution in [0.15, 0.2) is 53.3 Å². The molecule has 5 rings (SSSR count). The van der Waals surface area contributed by atoms with E-state index in [9.17, 15) is 4.79 Å². The molecule has 1 aliphatic rings. The molecule has 28 heavy (non-hydrogen) atoms. The number of likely N-dealkylation sites (tertiary alicyclic amines) is 1. The van der Waals surface area contributed by atoms with Crippen molar-refractivity contribution in [3.8, 4) is 5.69 Å². The summed E-state index contributed by atoms with van der Waals surface area (Å²) in [7, 11) is 0. The molecule has 0 amide bonds. The van der Waals surface area contributed by atoms with Crippen LogP contribution in [0.2, 0.25) is 0 Å². The van der Waals surface area contributed by atoms with Gasteiger partial charge in [-0.25, -0.2) is 4.57 Å². The normalized spacial score (nSPS) is 15.0. The highest BCUT2D eigenvalue weighted by Gasteiger charge is 2.20. The molecule has 0 saturated carbocycles. The molecule has 0 aliphatic carbocycles. The Morgan fingerprint density at radius 2 is 1.79 bits per heavy atom. The van der Waals surface area contributed by atoms with Gasteiger partial charge >= 0.3 is 0 Å². The lowest BCUT2D eigenvalue weighted by Crippen LogP contribution is -3.09. The number of rotatable bonds is 3. The summed E-state index contributed by atoms with van der Waals surface area (Å²) in [6.07, 6.45) is 2.49. The lowest BCUT2D eigenvalue weighted by Gasteiger charge is -2.10. The first-order valence-corrected chi connectivity index (χ1v) is 10.1. The smallest absolute Gasteiger partial charge is 0.267 e. The Hall–Kier alpha value is -2.77. The van der Waals surface area contributed by atoms with Gasteiger partial charge in [0.05, 0.1) is 29.7 Å². The Bertz CT molecular complexity index is 1290. The van der Waals surface area contributed by atoms with Gasteiger partial charge in [0.2, 0.25) is 10.5 Å². The first-order chi connectivity index (χ1) is 13.6. The van der Waals surface area contributed by atoms with E-state index in [1.807, 2.05) is 64.5 Å². The van der Waals surface area contributed by atoms with E-state index in [0.29, 0.717) is 15.9 Å². The van der Waals surface area contributed by atoms with Crippen LogP contribution in [0.3, 0.4) is 0 Å². The highest BCUT2D eigenvalue weighted by Crippen LogP contribution is 2.17. The molecule has 1 saturated heterocycles. The van der Waals surface area contributed by atoms with E-state index in [1.54, 1.807) is 4.57 Å². The molecule has 2 aromatic carbocycles. The van der Waals surface area contributed by atoms with Crippen LogP contribution >= 0.6 is 12.2 Å². The van der Waals surface area contributed by atoms with E-state index in [1.165, 1.54) is 17.7 Å². The summed E-state index contributed by atoms with van der Waals surface area (Å²) in [5, 5.41) is 5.44. The fourth-order valence-electron chi connectivity index (χ4n) is 4.09. The van der Waals surface area contributed by atoms with Gasteiger partial charge in [-0.3, -0.25) is 9.20 Å². The first kappa shape index (κ1) is 17.3. The van der Waals surface area contributed by atoms with Crippen LogP contribution in [0.1, 0.15) is 18.4 Å². The SMILES string of the molecule is Cc1ccc(-n2c(=O)c3ccccc3n3c(=S)n(C[NH+]4CCCC4)nc23)cc1. The Kier molecular flexibility index (Phi) is 4.14. The van der Waals surface area contributed by atoms with Crippen molar-refractivity contribution in [1.82, 2.24) is 18.7 Å². The summed E-state index contributed by atoms with van der Waals surface area (Å²) in [4.78, 5) is 14.8. The summed E-state index contributed by atoms with van der Waals surface area (Å²) in [5.74, 6) is 0.566. The van der Waals surface area contributed by atoms with Crippen molar-refractivity contribution in [3.63, 3.8) is 0 Å². The Morgan fingerprint density at radius 1 is 1.07 bits per heavy atom. The van der Waals surface area contributed by atoms with Crippen LogP contribution in [-0.2, 0) is 6.67 Å². The molecule has 0 unspecified atom stereocenters. The number of hydrogen-bond acceptors (Lipinski definition) is 3. The molecule has 0 bridgehead atoms. The van der Waals surface area contributed by atoms with Gasteiger partial charge in [-0.15, -0.1) is 5.10 Å². The highest BCUT2D eigenvalue weighted by atomic mass is 32.1. The Labute approximate surface area is 167 Å². The second kappa shape index (κ2) is 6.68. The average Bonchev–Trinajstić information content (AvgIpc) is 3.32. The number of quaternary nitrogens is 1. The van der Waals surface area contributed by atoms with E-state index in [4.69, 9.17) is 17.3 Å². The molecule has 0 radical (unpaired) electrons. The van der Waals surface area contributed by atoms with Gasteiger partial charge in [0.15, 0.2) is 6.67 Å². The third-order valence-corrected chi connectivity index (χ3v) is 5.97. The predicted molar refractivity (Wildman–Crippen MR) is 112 cm³/mol. The van der Waals surface area contributed by atoms with Crippen LogP contribution in [0.5, 0.6) is 0 Å². The second-order valence-electron chi connectivity index (χ2n) is 7.53. The summed E-state index contributed by atoms with van der Waals surface area (Å²) in [6, 6.07) is 15.5. The monoisotopic (exact) mass is 392 g/mol. The predicted octanol–water partition coefficient (Wildman–Crippen LogP) is 2.11. The number of nitrogens with zero attached hydrogens (tertiary/aromatic N) is 4. The van der Waals surface area contributed by atoms with Crippen LogP contribution in [0.4, 0.5) is 0 Å². The van der Waals surface area contributed by atoms with Crippen molar-refractivity contribution < 1.29 is 4.90 Å². The molecule has 1 aliphatic heterocycles. The second-order valence-corrected chi connectivity index (χ2v) is 7.89. The number of fused-ring (bicyclic) bond motifs is 3. The minimum Gasteiger partial charge on any atom is -0.316 e. The average molecular weight is 393 g/mol. The quantitative estimate of drug-likeness (QED) is 0.544. The standard InChI is InChI=1S/C21H21N5OS/c1-15-8-10-16(11-9-15)25-19(27)17-6-2-3-7-18(17)26-20(25)22-24(21(26)28)14-23-12-4-5-13-23/h2-3,6-11H,4-5,12-14H2,1H3/p+1. The zero-order chi connectivity index (χ0) is 19.3. The molecule has 7 heteroatoms. The van der Waals surface area contributed by atoms with E-state index in [-0.39, 0.29) is 5.56 Å². The van der Waals surface area contributed by atoms with E-state index in [0.717, 1.165) is 36.5 Å². The van der Waals surface area contributed by atoms with Gasteiger partial charge < -0.3 is 4.90 Å². The van der Waals surface area contributed by atoms with E-state index < -0.39 is 0 Å². The zero-order valence-electron chi connectivity index (χ0n) is 15.8. The molecule has 1 fully saturated rings. The van der Waals surface area contributed by atoms with Crippen LogP contribution in [-0.4, -0.2) is 31.8 Å². The summed E-state index contributed by atoms with van der Waals surface area (Å²) < 4.78 is 6.11. The van der Waals surface area contributed by atoms with Crippen molar-refractivity contribution in [2.75, 3.05) is 13.1 Å². The summed E-state index contributed by atoms with van der Waals surface area (Å²) in [5.41, 5.74) is 2.67. The number of para-hydroxylation sites is 1. The highest BCUT2D eigenvalue weighted by molar-refractivity contribution is 7.71. The number of hydrogen-bond donors (Lipinski definition) is 1. The molecule has 2 aromatic heterocycles. The lowest BCUT2D eigenvalue weighted by molar-refractivity contribution is -0.911. The fraction of sp³-hybridized carbons (Fsp3) is 0.286. The number of aromatic nitrogens is 4. The van der Waals surface area contributed by atoms with E-state index in [2.05, 4.69) is 0 Å². The lowest BCUT2D eigenvalue weighted by atomic mass is 10.2. The van der Waals surface area contributed by atoms with Gasteiger partial charge in [0, 0.05) is 12.8 Å². The largest absolute Gasteiger partial charge is 0.316 e. The van der Waals surface area contributed by atoms with Crippen molar-refractivity contribution in [2.24, 2.45) is 0 Å². The molecule has 142 valence electrons. The third kappa shape index (κ3) is 2.70. The molecule has 3 heterocycles. The van der Waals surface area contributed by atoms with Gasteiger partial charge in [0.1, 0.15) is 0 Å². The van der Waals surface area contributed by atoms with Crippen LogP contribution in [0.25, 0.3) is 22.4 Å². The van der Waals surface area contributed by atoms with Gasteiger partial charge in [-0.05, 0) is 43.4 Å². The van der Waals surface area contributed by atoms with Crippen molar-refractivity contribution in [3.05, 3.63) is 69.2 Å². The minimum atomic E-state index is -0.0763. The van der Waals surface area contributed by atoms with Crippen LogP contribution < -0.4 is 10.5 Å². The number of benzene rings is 2. The van der Waals surface area contributed by atoms with Gasteiger partial charge in [-0.2, -0.15) is 4.68 Å². The van der Waals surface area contributed by atoms with E-state index >= 15 is 0 Å². The Balaban J connectivity index is 1.84. The molecule has 6 nitrogen and oxygen atoms in total. The molecule has 4 aromatic rings. The van der Waals surface area contributed by atoms with Crippen LogP contribution in [0, 0.1) is 11.7 Å². The van der Waals surface area contributed by atoms with Gasteiger partial charge in [0.25, 0.3) is 5.56 Å². The Morgan fingerprint density at radius 3 is 2.54 bits per heavy atom. The van der Waals surface area contributed by atoms with Crippen molar-refractivity contribution in [2.45, 2.75) is 26.4 Å². The number of nitrogens with one attached hydrogen (secondary N) is 1. The topological polar surface area (TPSA) is 48.7 Å². The molecule has 0 spiro atoms. The molecule has 1 N–H and O–H groups in total. The maximum absolute atomic E-state index is 13.4. The number of aryl methyl sites for hydroxylation is 1. The van der Waals surface area contributed by atoms with Crippen molar-refractivity contribution >= 4 is 28.9 Å². The fourth-order valence-corrected chi connectivity index (χ4v) is 4.37. The molecular formula is C21H22N5OS+. The summed E-state index contributed by atoms with van der Waals surface area (Å²) in [6.45, 7) is 5.05. The zero-order valence-corrected chi connectivity index (χ0v) is 16.6. The first-order valence-electron chi connectivity index (χ1n) is 9.67. The summed E-state index contributed by atoms with van der Waals surface area (Å²) >= 11 is 5.80. The van der Waals surface area contributed by atoms with Gasteiger partial charge in [-0.1, -0.05) is 29.8 Å². The third-order valence-electron chi connectivity index (χ3n) is 5.58. The maximum Gasteiger partial charge on any atom is 0.267 e. The maximum atomic E-state index is 13.4. The molecule has 0 atom stereocenters. The minimum absolute atomic E-state index is 0.0763.